The quantitative estimate of drug-likeness (QED) is 0.812. The van der Waals surface area contributed by atoms with Crippen LogP contribution in [0.25, 0.3) is 11.3 Å². The van der Waals surface area contributed by atoms with Crippen LogP contribution in [-0.4, -0.2) is 11.6 Å². The van der Waals surface area contributed by atoms with Gasteiger partial charge in [-0.2, -0.15) is 0 Å². The summed E-state index contributed by atoms with van der Waals surface area (Å²) in [7, 11) is 0. The minimum Gasteiger partial charge on any atom is -0.494 e. The Morgan fingerprint density at radius 3 is 2.71 bits per heavy atom. The summed E-state index contributed by atoms with van der Waals surface area (Å²) in [4.78, 5) is 4.59. The molecule has 2 aromatic rings. The summed E-state index contributed by atoms with van der Waals surface area (Å²) in [5.41, 5.74) is 3.40. The molecule has 0 fully saturated rings. The fourth-order valence-corrected chi connectivity index (χ4v) is 2.49. The van der Waals surface area contributed by atoms with Crippen LogP contribution in [-0.2, 0) is 6.42 Å². The third-order valence-corrected chi connectivity index (χ3v) is 3.62. The Bertz CT molecular complexity index is 505. The van der Waals surface area contributed by atoms with Crippen molar-refractivity contribution in [1.29, 1.82) is 0 Å². The number of rotatable bonds is 4. The second-order valence-electron chi connectivity index (χ2n) is 3.89. The number of ether oxygens (including phenoxy) is 1. The molecule has 1 heterocycles. The van der Waals surface area contributed by atoms with Crippen LogP contribution < -0.4 is 4.74 Å². The monoisotopic (exact) mass is 247 g/mol. The SMILES string of the molecule is CCOc1ccc(-c2csc(CC)n2)cc1C. The number of aromatic nitrogens is 1. The lowest BCUT2D eigenvalue weighted by Gasteiger charge is -2.07. The lowest BCUT2D eigenvalue weighted by atomic mass is 10.1. The smallest absolute Gasteiger partial charge is 0.122 e. The van der Waals surface area contributed by atoms with Crippen molar-refractivity contribution in [3.8, 4) is 17.0 Å². The van der Waals surface area contributed by atoms with Gasteiger partial charge >= 0.3 is 0 Å². The molecule has 0 saturated carbocycles. The topological polar surface area (TPSA) is 22.1 Å². The maximum Gasteiger partial charge on any atom is 0.122 e. The van der Waals surface area contributed by atoms with Crippen LogP contribution in [0.5, 0.6) is 5.75 Å². The van der Waals surface area contributed by atoms with E-state index in [9.17, 15) is 0 Å². The molecule has 0 radical (unpaired) electrons. The van der Waals surface area contributed by atoms with Crippen molar-refractivity contribution in [1.82, 2.24) is 4.98 Å². The Hall–Kier alpha value is -1.35. The molecule has 2 rings (SSSR count). The highest BCUT2D eigenvalue weighted by molar-refractivity contribution is 7.09. The highest BCUT2D eigenvalue weighted by Gasteiger charge is 2.06. The third kappa shape index (κ3) is 2.67. The van der Waals surface area contributed by atoms with Crippen molar-refractivity contribution in [2.24, 2.45) is 0 Å². The first-order chi connectivity index (χ1) is 8.24. The van der Waals surface area contributed by atoms with Gasteiger partial charge in [0.25, 0.3) is 0 Å². The standard InChI is InChI=1S/C14H17NOS/c1-4-14-15-12(9-17-14)11-6-7-13(16-5-2)10(3)8-11/h6-9H,4-5H2,1-3H3. The largest absolute Gasteiger partial charge is 0.494 e. The highest BCUT2D eigenvalue weighted by atomic mass is 32.1. The molecule has 17 heavy (non-hydrogen) atoms. The van der Waals surface area contributed by atoms with Crippen LogP contribution in [0, 0.1) is 6.92 Å². The normalized spacial score (nSPS) is 10.5. The predicted molar refractivity (Wildman–Crippen MR) is 72.8 cm³/mol. The number of thiazole rings is 1. The van der Waals surface area contributed by atoms with Gasteiger partial charge < -0.3 is 4.74 Å². The zero-order chi connectivity index (χ0) is 12.3. The van der Waals surface area contributed by atoms with E-state index in [4.69, 9.17) is 4.74 Å². The average molecular weight is 247 g/mol. The molecule has 0 spiro atoms. The van der Waals surface area contributed by atoms with Gasteiger partial charge in [0.05, 0.1) is 17.3 Å². The number of hydrogen-bond donors (Lipinski definition) is 0. The van der Waals surface area contributed by atoms with Crippen LogP contribution in [0.15, 0.2) is 23.6 Å². The lowest BCUT2D eigenvalue weighted by Crippen LogP contribution is -1.94. The van der Waals surface area contributed by atoms with Gasteiger partial charge in [0.2, 0.25) is 0 Å². The van der Waals surface area contributed by atoms with E-state index in [1.807, 2.05) is 13.0 Å². The molecule has 0 N–H and O–H groups in total. The maximum atomic E-state index is 5.54. The molecular weight excluding hydrogens is 230 g/mol. The zero-order valence-corrected chi connectivity index (χ0v) is 11.3. The molecule has 0 aliphatic rings. The summed E-state index contributed by atoms with van der Waals surface area (Å²) in [6.45, 7) is 6.91. The van der Waals surface area contributed by atoms with Gasteiger partial charge in [0.15, 0.2) is 0 Å². The Labute approximate surface area is 106 Å². The first-order valence-corrected chi connectivity index (χ1v) is 6.80. The fourth-order valence-electron chi connectivity index (χ4n) is 1.73. The minimum atomic E-state index is 0.705. The first-order valence-electron chi connectivity index (χ1n) is 5.92. The van der Waals surface area contributed by atoms with Gasteiger partial charge in [-0.05, 0) is 44.0 Å². The van der Waals surface area contributed by atoms with E-state index in [1.165, 1.54) is 10.6 Å². The first kappa shape index (κ1) is 12.1. The van der Waals surface area contributed by atoms with Crippen molar-refractivity contribution in [2.45, 2.75) is 27.2 Å². The van der Waals surface area contributed by atoms with Crippen molar-refractivity contribution in [3.05, 3.63) is 34.2 Å². The molecule has 90 valence electrons. The summed E-state index contributed by atoms with van der Waals surface area (Å²) in [6.07, 6.45) is 1.00. The Morgan fingerprint density at radius 2 is 2.12 bits per heavy atom. The third-order valence-electron chi connectivity index (χ3n) is 2.62. The molecule has 0 aliphatic heterocycles. The summed E-state index contributed by atoms with van der Waals surface area (Å²) < 4.78 is 5.54. The molecule has 3 heteroatoms. The van der Waals surface area contributed by atoms with Crippen LogP contribution >= 0.6 is 11.3 Å². The van der Waals surface area contributed by atoms with Crippen molar-refractivity contribution in [2.75, 3.05) is 6.61 Å². The van der Waals surface area contributed by atoms with Crippen molar-refractivity contribution >= 4 is 11.3 Å². The summed E-state index contributed by atoms with van der Waals surface area (Å²) in [6, 6.07) is 6.24. The molecular formula is C14H17NOS. The number of aryl methyl sites for hydroxylation is 2. The average Bonchev–Trinajstić information content (AvgIpc) is 2.80. The zero-order valence-electron chi connectivity index (χ0n) is 10.5. The molecule has 0 atom stereocenters. The predicted octanol–water partition coefficient (Wildman–Crippen LogP) is 4.08. The molecule has 0 unspecified atom stereocenters. The Balaban J connectivity index is 2.30. The van der Waals surface area contributed by atoms with E-state index in [-0.39, 0.29) is 0 Å². The van der Waals surface area contributed by atoms with E-state index in [0.29, 0.717) is 6.61 Å². The molecule has 0 bridgehead atoms. The highest BCUT2D eigenvalue weighted by Crippen LogP contribution is 2.27. The van der Waals surface area contributed by atoms with Gasteiger partial charge in [-0.25, -0.2) is 4.98 Å². The van der Waals surface area contributed by atoms with Crippen LogP contribution in [0.3, 0.4) is 0 Å². The summed E-state index contributed by atoms with van der Waals surface area (Å²) in [5, 5.41) is 3.31. The Morgan fingerprint density at radius 1 is 1.29 bits per heavy atom. The van der Waals surface area contributed by atoms with E-state index >= 15 is 0 Å². The van der Waals surface area contributed by atoms with Gasteiger partial charge in [0.1, 0.15) is 5.75 Å². The molecule has 1 aromatic heterocycles. The van der Waals surface area contributed by atoms with Gasteiger partial charge in [-0.3, -0.25) is 0 Å². The number of hydrogen-bond acceptors (Lipinski definition) is 3. The van der Waals surface area contributed by atoms with Gasteiger partial charge in [-0.15, -0.1) is 11.3 Å². The minimum absolute atomic E-state index is 0.705. The fraction of sp³-hybridized carbons (Fsp3) is 0.357. The van der Waals surface area contributed by atoms with E-state index in [2.05, 4.69) is 36.3 Å². The van der Waals surface area contributed by atoms with Crippen molar-refractivity contribution < 1.29 is 4.74 Å². The van der Waals surface area contributed by atoms with E-state index in [1.54, 1.807) is 11.3 Å². The molecule has 2 nitrogen and oxygen atoms in total. The van der Waals surface area contributed by atoms with Crippen LogP contribution in [0.2, 0.25) is 0 Å². The second kappa shape index (κ2) is 5.32. The van der Waals surface area contributed by atoms with Gasteiger partial charge in [0, 0.05) is 10.9 Å². The molecule has 0 amide bonds. The van der Waals surface area contributed by atoms with E-state index < -0.39 is 0 Å². The number of nitrogens with zero attached hydrogens (tertiary/aromatic N) is 1. The molecule has 0 aliphatic carbocycles. The van der Waals surface area contributed by atoms with E-state index in [0.717, 1.165) is 23.4 Å². The summed E-state index contributed by atoms with van der Waals surface area (Å²) >= 11 is 1.72. The van der Waals surface area contributed by atoms with Crippen LogP contribution in [0.4, 0.5) is 0 Å². The Kier molecular flexibility index (Phi) is 3.79. The molecule has 1 aromatic carbocycles. The number of benzene rings is 1. The molecule has 0 saturated heterocycles. The summed E-state index contributed by atoms with van der Waals surface area (Å²) in [5.74, 6) is 0.960. The van der Waals surface area contributed by atoms with Gasteiger partial charge in [-0.1, -0.05) is 6.92 Å². The van der Waals surface area contributed by atoms with Crippen molar-refractivity contribution in [3.63, 3.8) is 0 Å². The maximum absolute atomic E-state index is 5.54. The lowest BCUT2D eigenvalue weighted by molar-refractivity contribution is 0.338. The second-order valence-corrected chi connectivity index (χ2v) is 4.84. The van der Waals surface area contributed by atoms with Crippen LogP contribution in [0.1, 0.15) is 24.4 Å².